The number of hydrogen-bond donors (Lipinski definition) is 0. The van der Waals surface area contributed by atoms with E-state index in [0.29, 0.717) is 5.56 Å². The zero-order valence-corrected chi connectivity index (χ0v) is 18.2. The van der Waals surface area contributed by atoms with Crippen molar-refractivity contribution in [1.82, 2.24) is 9.97 Å². The van der Waals surface area contributed by atoms with E-state index in [1.165, 1.54) is 20.3 Å². The summed E-state index contributed by atoms with van der Waals surface area (Å²) in [5.41, 5.74) is 2.71. The van der Waals surface area contributed by atoms with E-state index >= 15 is 0 Å². The fourth-order valence-corrected chi connectivity index (χ4v) is 3.22. The molecule has 0 aliphatic heterocycles. The van der Waals surface area contributed by atoms with Crippen LogP contribution in [0.2, 0.25) is 0 Å². The summed E-state index contributed by atoms with van der Waals surface area (Å²) in [6, 6.07) is 26.0. The van der Waals surface area contributed by atoms with Crippen LogP contribution in [0.1, 0.15) is 15.9 Å². The quantitative estimate of drug-likeness (QED) is 0.342. The van der Waals surface area contributed by atoms with Crippen LogP contribution in [0, 0.1) is 0 Å². The van der Waals surface area contributed by atoms with E-state index in [1.807, 2.05) is 66.7 Å². The van der Waals surface area contributed by atoms with Crippen LogP contribution in [-0.2, 0) is 11.3 Å². The van der Waals surface area contributed by atoms with Crippen LogP contribution in [0.25, 0.3) is 11.1 Å². The molecule has 1 aromatic heterocycles. The largest absolute Gasteiger partial charge is 0.481 e. The van der Waals surface area contributed by atoms with Gasteiger partial charge in [0.25, 0.3) is 0 Å². The SMILES string of the molecule is COc1cc(Oc2cccc(-c3ccccc3)c2C(=O)OCc2ccccc2)nc(OC)n1. The fourth-order valence-electron chi connectivity index (χ4n) is 3.22. The highest BCUT2D eigenvalue weighted by Gasteiger charge is 2.22. The topological polar surface area (TPSA) is 79.8 Å². The molecule has 0 spiro atoms. The molecule has 0 N–H and O–H groups in total. The van der Waals surface area contributed by atoms with Crippen molar-refractivity contribution in [3.8, 4) is 34.6 Å². The first kappa shape index (κ1) is 21.8. The summed E-state index contributed by atoms with van der Waals surface area (Å²) in [4.78, 5) is 21.6. The molecule has 0 unspecified atom stereocenters. The second-order valence-electron chi connectivity index (χ2n) is 6.94. The minimum atomic E-state index is -0.513. The molecule has 4 aromatic rings. The number of carbonyl (C=O) groups excluding carboxylic acids is 1. The molecule has 0 aliphatic carbocycles. The van der Waals surface area contributed by atoms with Gasteiger partial charge in [-0.1, -0.05) is 72.8 Å². The van der Waals surface area contributed by atoms with E-state index in [9.17, 15) is 4.79 Å². The number of nitrogens with zero attached hydrogens (tertiary/aromatic N) is 2. The lowest BCUT2D eigenvalue weighted by atomic mass is 9.99. The summed E-state index contributed by atoms with van der Waals surface area (Å²) >= 11 is 0. The van der Waals surface area contributed by atoms with E-state index in [1.54, 1.807) is 12.1 Å². The maximum Gasteiger partial charge on any atom is 0.342 e. The average molecular weight is 442 g/mol. The monoisotopic (exact) mass is 442 g/mol. The first-order chi connectivity index (χ1) is 16.2. The highest BCUT2D eigenvalue weighted by Crippen LogP contribution is 2.35. The molecule has 1 heterocycles. The molecular formula is C26H22N2O5. The molecule has 33 heavy (non-hydrogen) atoms. The zero-order chi connectivity index (χ0) is 23.0. The summed E-state index contributed by atoms with van der Waals surface area (Å²) in [6.07, 6.45) is 0. The predicted octanol–water partition coefficient (Wildman–Crippen LogP) is 5.31. The first-order valence-corrected chi connectivity index (χ1v) is 10.2. The third-order valence-corrected chi connectivity index (χ3v) is 4.79. The van der Waals surface area contributed by atoms with Gasteiger partial charge in [0, 0.05) is 0 Å². The summed E-state index contributed by atoms with van der Waals surface area (Å²) < 4.78 is 22.0. The molecule has 0 saturated heterocycles. The van der Waals surface area contributed by atoms with Gasteiger partial charge in [0.2, 0.25) is 11.8 Å². The van der Waals surface area contributed by atoms with E-state index in [2.05, 4.69) is 9.97 Å². The van der Waals surface area contributed by atoms with E-state index in [0.717, 1.165) is 11.1 Å². The highest BCUT2D eigenvalue weighted by molar-refractivity contribution is 6.00. The molecular weight excluding hydrogens is 420 g/mol. The Balaban J connectivity index is 1.73. The van der Waals surface area contributed by atoms with Gasteiger partial charge in [0.1, 0.15) is 17.9 Å². The number of benzene rings is 3. The molecule has 7 heteroatoms. The van der Waals surface area contributed by atoms with Gasteiger partial charge in [-0.15, -0.1) is 0 Å². The zero-order valence-electron chi connectivity index (χ0n) is 18.2. The third kappa shape index (κ3) is 5.27. The Kier molecular flexibility index (Phi) is 6.80. The first-order valence-electron chi connectivity index (χ1n) is 10.2. The second kappa shape index (κ2) is 10.3. The van der Waals surface area contributed by atoms with Crippen molar-refractivity contribution in [2.45, 2.75) is 6.61 Å². The maximum atomic E-state index is 13.3. The Hall–Kier alpha value is -4.39. The lowest BCUT2D eigenvalue weighted by Gasteiger charge is -2.15. The van der Waals surface area contributed by atoms with Crippen molar-refractivity contribution in [2.75, 3.05) is 14.2 Å². The molecule has 0 saturated carbocycles. The Labute approximate surface area is 191 Å². The standard InChI is InChI=1S/C26H22N2O5/c1-30-22-16-23(28-26(27-22)31-2)33-21-15-9-14-20(19-12-7-4-8-13-19)24(21)25(29)32-17-18-10-5-3-6-11-18/h3-16H,17H2,1-2H3. The van der Waals surface area contributed by atoms with Crippen molar-refractivity contribution in [2.24, 2.45) is 0 Å². The molecule has 0 radical (unpaired) electrons. The number of ether oxygens (including phenoxy) is 4. The van der Waals surface area contributed by atoms with Crippen LogP contribution in [0.5, 0.6) is 23.5 Å². The number of rotatable bonds is 8. The molecule has 0 aliphatic rings. The van der Waals surface area contributed by atoms with Crippen molar-refractivity contribution in [3.05, 3.63) is 96.1 Å². The normalized spacial score (nSPS) is 10.4. The van der Waals surface area contributed by atoms with Crippen LogP contribution in [0.3, 0.4) is 0 Å². The van der Waals surface area contributed by atoms with Gasteiger partial charge in [-0.05, 0) is 22.8 Å². The maximum absolute atomic E-state index is 13.3. The Morgan fingerprint density at radius 3 is 2.18 bits per heavy atom. The minimum Gasteiger partial charge on any atom is -0.481 e. The van der Waals surface area contributed by atoms with Crippen LogP contribution >= 0.6 is 0 Å². The molecule has 4 rings (SSSR count). The van der Waals surface area contributed by atoms with Crippen LogP contribution in [0.4, 0.5) is 0 Å². The summed E-state index contributed by atoms with van der Waals surface area (Å²) in [5, 5.41) is 0. The van der Waals surface area contributed by atoms with Gasteiger partial charge in [-0.2, -0.15) is 9.97 Å². The number of carbonyl (C=O) groups is 1. The lowest BCUT2D eigenvalue weighted by Crippen LogP contribution is -2.09. The molecule has 3 aromatic carbocycles. The van der Waals surface area contributed by atoms with E-state index in [4.69, 9.17) is 18.9 Å². The van der Waals surface area contributed by atoms with E-state index < -0.39 is 5.97 Å². The Bertz CT molecular complexity index is 1210. The summed E-state index contributed by atoms with van der Waals surface area (Å²) in [7, 11) is 2.93. The van der Waals surface area contributed by atoms with Gasteiger partial charge in [-0.3, -0.25) is 0 Å². The summed E-state index contributed by atoms with van der Waals surface area (Å²) in [5.74, 6) is 0.212. The average Bonchev–Trinajstić information content (AvgIpc) is 2.88. The van der Waals surface area contributed by atoms with Crippen molar-refractivity contribution in [3.63, 3.8) is 0 Å². The van der Waals surface area contributed by atoms with Crippen molar-refractivity contribution >= 4 is 5.97 Å². The molecule has 166 valence electrons. The number of aromatic nitrogens is 2. The second-order valence-corrected chi connectivity index (χ2v) is 6.94. The molecule has 0 bridgehead atoms. The predicted molar refractivity (Wildman–Crippen MR) is 123 cm³/mol. The highest BCUT2D eigenvalue weighted by atomic mass is 16.5. The molecule has 0 fully saturated rings. The van der Waals surface area contributed by atoms with Crippen LogP contribution in [0.15, 0.2) is 84.9 Å². The van der Waals surface area contributed by atoms with Crippen LogP contribution < -0.4 is 14.2 Å². The third-order valence-electron chi connectivity index (χ3n) is 4.79. The van der Waals surface area contributed by atoms with Gasteiger partial charge in [0.15, 0.2) is 0 Å². The molecule has 0 amide bonds. The Morgan fingerprint density at radius 1 is 0.788 bits per heavy atom. The van der Waals surface area contributed by atoms with Crippen molar-refractivity contribution < 1.29 is 23.7 Å². The van der Waals surface area contributed by atoms with Gasteiger partial charge in [-0.25, -0.2) is 4.79 Å². The number of esters is 1. The van der Waals surface area contributed by atoms with Gasteiger partial charge < -0.3 is 18.9 Å². The van der Waals surface area contributed by atoms with E-state index in [-0.39, 0.29) is 35.7 Å². The fraction of sp³-hybridized carbons (Fsp3) is 0.115. The lowest BCUT2D eigenvalue weighted by molar-refractivity contribution is 0.0471. The van der Waals surface area contributed by atoms with Crippen LogP contribution in [-0.4, -0.2) is 30.2 Å². The number of hydrogen-bond acceptors (Lipinski definition) is 7. The smallest absolute Gasteiger partial charge is 0.342 e. The molecule has 0 atom stereocenters. The molecule has 7 nitrogen and oxygen atoms in total. The van der Waals surface area contributed by atoms with Crippen molar-refractivity contribution in [1.29, 1.82) is 0 Å². The van der Waals surface area contributed by atoms with Gasteiger partial charge in [0.05, 0.1) is 20.3 Å². The summed E-state index contributed by atoms with van der Waals surface area (Å²) in [6.45, 7) is 0.136. The van der Waals surface area contributed by atoms with Gasteiger partial charge >= 0.3 is 12.0 Å². The Morgan fingerprint density at radius 2 is 1.48 bits per heavy atom. The number of methoxy groups -OCH3 is 2. The minimum absolute atomic E-state index is 0.0803.